The van der Waals surface area contributed by atoms with Crippen molar-refractivity contribution in [2.75, 3.05) is 38.0 Å². The van der Waals surface area contributed by atoms with Crippen LogP contribution in [0.1, 0.15) is 5.56 Å². The third kappa shape index (κ3) is 5.35. The lowest BCUT2D eigenvalue weighted by Crippen LogP contribution is -2.50. The topological polar surface area (TPSA) is 78.4 Å². The van der Waals surface area contributed by atoms with E-state index in [1.54, 1.807) is 34.7 Å². The SMILES string of the molecule is O=C(CN1CCN(C(=O)C=Cc2ccc(Cl)cc2)CC1)Nc1nncs1. The molecule has 0 radical (unpaired) electrons. The number of amides is 2. The molecule has 1 aliphatic rings. The average molecular weight is 392 g/mol. The van der Waals surface area contributed by atoms with Gasteiger partial charge in [-0.25, -0.2) is 0 Å². The fraction of sp³-hybridized carbons (Fsp3) is 0.294. The Balaban J connectivity index is 1.43. The summed E-state index contributed by atoms with van der Waals surface area (Å²) in [6, 6.07) is 7.30. The van der Waals surface area contributed by atoms with Gasteiger partial charge in [0.1, 0.15) is 5.51 Å². The van der Waals surface area contributed by atoms with Crippen LogP contribution in [-0.2, 0) is 9.59 Å². The molecule has 1 saturated heterocycles. The number of hydrogen-bond donors (Lipinski definition) is 1. The van der Waals surface area contributed by atoms with E-state index in [0.717, 1.165) is 5.56 Å². The number of carbonyl (C=O) groups excluding carboxylic acids is 2. The summed E-state index contributed by atoms with van der Waals surface area (Å²) in [6.45, 7) is 2.78. The Morgan fingerprint density at radius 3 is 2.58 bits per heavy atom. The first-order valence-electron chi connectivity index (χ1n) is 8.11. The molecule has 9 heteroatoms. The number of nitrogens with zero attached hydrogens (tertiary/aromatic N) is 4. The Hall–Kier alpha value is -2.29. The van der Waals surface area contributed by atoms with Gasteiger partial charge in [0, 0.05) is 37.3 Å². The van der Waals surface area contributed by atoms with Gasteiger partial charge in [-0.05, 0) is 23.8 Å². The Labute approximate surface area is 160 Å². The molecule has 136 valence electrons. The van der Waals surface area contributed by atoms with E-state index in [0.29, 0.717) is 36.3 Å². The van der Waals surface area contributed by atoms with Crippen LogP contribution in [0.3, 0.4) is 0 Å². The molecule has 1 aliphatic heterocycles. The van der Waals surface area contributed by atoms with Crippen LogP contribution in [-0.4, -0.2) is 64.5 Å². The summed E-state index contributed by atoms with van der Waals surface area (Å²) in [5.41, 5.74) is 2.49. The Bertz CT molecular complexity index is 771. The van der Waals surface area contributed by atoms with Gasteiger partial charge >= 0.3 is 0 Å². The average Bonchev–Trinajstić information content (AvgIpc) is 3.14. The first-order chi connectivity index (χ1) is 12.6. The number of aromatic nitrogens is 2. The number of halogens is 1. The minimum absolute atomic E-state index is 0.0297. The molecule has 1 fully saturated rings. The van der Waals surface area contributed by atoms with Crippen LogP contribution in [0.4, 0.5) is 5.13 Å². The highest BCUT2D eigenvalue weighted by atomic mass is 35.5. The minimum Gasteiger partial charge on any atom is -0.337 e. The first kappa shape index (κ1) is 18.5. The number of anilines is 1. The van der Waals surface area contributed by atoms with E-state index in [1.807, 2.05) is 17.0 Å². The monoisotopic (exact) mass is 391 g/mol. The fourth-order valence-corrected chi connectivity index (χ4v) is 3.15. The molecule has 1 aromatic heterocycles. The predicted octanol–water partition coefficient (Wildman–Crippen LogP) is 1.99. The number of piperazine rings is 1. The number of hydrogen-bond acceptors (Lipinski definition) is 6. The summed E-state index contributed by atoms with van der Waals surface area (Å²) < 4.78 is 0. The van der Waals surface area contributed by atoms with E-state index >= 15 is 0 Å². The first-order valence-corrected chi connectivity index (χ1v) is 9.37. The maximum atomic E-state index is 12.3. The predicted molar refractivity (Wildman–Crippen MR) is 102 cm³/mol. The van der Waals surface area contributed by atoms with Crippen LogP contribution in [0.25, 0.3) is 6.08 Å². The third-order valence-corrected chi connectivity index (χ3v) is 4.80. The van der Waals surface area contributed by atoms with Crippen molar-refractivity contribution in [3.63, 3.8) is 0 Å². The smallest absolute Gasteiger partial charge is 0.246 e. The number of carbonyl (C=O) groups is 2. The molecule has 0 unspecified atom stereocenters. The van der Waals surface area contributed by atoms with Crippen LogP contribution in [0, 0.1) is 0 Å². The second-order valence-electron chi connectivity index (χ2n) is 5.78. The highest BCUT2D eigenvalue weighted by molar-refractivity contribution is 7.13. The molecule has 0 saturated carbocycles. The van der Waals surface area contributed by atoms with Crippen LogP contribution < -0.4 is 5.32 Å². The van der Waals surface area contributed by atoms with Gasteiger partial charge in [-0.15, -0.1) is 10.2 Å². The van der Waals surface area contributed by atoms with Crippen LogP contribution in [0.15, 0.2) is 35.9 Å². The summed E-state index contributed by atoms with van der Waals surface area (Å²) >= 11 is 7.13. The molecule has 0 spiro atoms. The molecule has 0 aliphatic carbocycles. The lowest BCUT2D eigenvalue weighted by atomic mass is 10.2. The van der Waals surface area contributed by atoms with Gasteiger partial charge in [0.2, 0.25) is 16.9 Å². The van der Waals surface area contributed by atoms with E-state index in [9.17, 15) is 9.59 Å². The van der Waals surface area contributed by atoms with Gasteiger partial charge in [-0.3, -0.25) is 19.8 Å². The van der Waals surface area contributed by atoms with Crippen molar-refractivity contribution in [1.29, 1.82) is 0 Å². The molecule has 3 rings (SSSR count). The Kier molecular flexibility index (Phi) is 6.32. The van der Waals surface area contributed by atoms with Crippen molar-refractivity contribution in [1.82, 2.24) is 20.0 Å². The second-order valence-corrected chi connectivity index (χ2v) is 7.05. The summed E-state index contributed by atoms with van der Waals surface area (Å²) in [6.07, 6.45) is 3.35. The van der Waals surface area contributed by atoms with Gasteiger partial charge in [-0.1, -0.05) is 35.1 Å². The maximum absolute atomic E-state index is 12.3. The van der Waals surface area contributed by atoms with E-state index in [2.05, 4.69) is 15.5 Å². The van der Waals surface area contributed by atoms with E-state index in [4.69, 9.17) is 11.6 Å². The highest BCUT2D eigenvalue weighted by Crippen LogP contribution is 2.11. The van der Waals surface area contributed by atoms with Crippen LogP contribution in [0.2, 0.25) is 5.02 Å². The molecule has 1 N–H and O–H groups in total. The molecular weight excluding hydrogens is 374 g/mol. The van der Waals surface area contributed by atoms with Gasteiger partial charge in [0.25, 0.3) is 0 Å². The van der Waals surface area contributed by atoms with Gasteiger partial charge < -0.3 is 4.90 Å². The number of rotatable bonds is 5. The van der Waals surface area contributed by atoms with Crippen molar-refractivity contribution < 1.29 is 9.59 Å². The van der Waals surface area contributed by atoms with Crippen LogP contribution in [0.5, 0.6) is 0 Å². The molecule has 26 heavy (non-hydrogen) atoms. The maximum Gasteiger partial charge on any atom is 0.246 e. The molecule has 0 bridgehead atoms. The summed E-state index contributed by atoms with van der Waals surface area (Å²) in [5.74, 6) is -0.151. The van der Waals surface area contributed by atoms with Crippen LogP contribution >= 0.6 is 22.9 Å². The minimum atomic E-state index is -0.121. The Morgan fingerprint density at radius 1 is 1.19 bits per heavy atom. The lowest BCUT2D eigenvalue weighted by molar-refractivity contribution is -0.127. The summed E-state index contributed by atoms with van der Waals surface area (Å²) in [7, 11) is 0. The molecule has 7 nitrogen and oxygen atoms in total. The van der Waals surface area contributed by atoms with Gasteiger partial charge in [-0.2, -0.15) is 0 Å². The highest BCUT2D eigenvalue weighted by Gasteiger charge is 2.21. The standard InChI is InChI=1S/C17H18ClN5O2S/c18-14-4-1-13(2-5-14)3-6-16(25)23-9-7-22(8-10-23)11-15(24)20-17-21-19-12-26-17/h1-6,12H,7-11H2,(H,20,21,24). The summed E-state index contributed by atoms with van der Waals surface area (Å²) in [4.78, 5) is 28.0. The van der Waals surface area contributed by atoms with E-state index in [-0.39, 0.29) is 18.4 Å². The molecule has 1 aromatic carbocycles. The van der Waals surface area contributed by atoms with Gasteiger partial charge in [0.15, 0.2) is 0 Å². The number of nitrogens with one attached hydrogen (secondary N) is 1. The van der Waals surface area contributed by atoms with Crippen molar-refractivity contribution in [3.8, 4) is 0 Å². The van der Waals surface area contributed by atoms with Gasteiger partial charge in [0.05, 0.1) is 6.54 Å². The molecule has 2 amide bonds. The zero-order chi connectivity index (χ0) is 18.4. The molecule has 0 atom stereocenters. The largest absolute Gasteiger partial charge is 0.337 e. The fourth-order valence-electron chi connectivity index (χ4n) is 2.56. The normalized spacial score (nSPS) is 15.3. The summed E-state index contributed by atoms with van der Waals surface area (Å²) in [5, 5.41) is 11.3. The number of benzene rings is 1. The zero-order valence-corrected chi connectivity index (χ0v) is 15.5. The van der Waals surface area contributed by atoms with Crippen molar-refractivity contribution in [3.05, 3.63) is 46.4 Å². The van der Waals surface area contributed by atoms with Crippen molar-refractivity contribution >= 4 is 46.0 Å². The lowest BCUT2D eigenvalue weighted by Gasteiger charge is -2.33. The second kappa shape index (κ2) is 8.88. The quantitative estimate of drug-likeness (QED) is 0.788. The van der Waals surface area contributed by atoms with Crippen molar-refractivity contribution in [2.45, 2.75) is 0 Å². The molecular formula is C17H18ClN5O2S. The van der Waals surface area contributed by atoms with E-state index in [1.165, 1.54) is 11.3 Å². The third-order valence-electron chi connectivity index (χ3n) is 3.95. The molecule has 2 aromatic rings. The van der Waals surface area contributed by atoms with Crippen molar-refractivity contribution in [2.24, 2.45) is 0 Å². The Morgan fingerprint density at radius 2 is 1.92 bits per heavy atom. The zero-order valence-electron chi connectivity index (χ0n) is 14.0. The van der Waals surface area contributed by atoms with E-state index < -0.39 is 0 Å². The molecule has 2 heterocycles.